The van der Waals surface area contributed by atoms with Crippen molar-refractivity contribution in [3.63, 3.8) is 0 Å². The maximum Gasteiger partial charge on any atom is 0.220 e. The van der Waals surface area contributed by atoms with E-state index in [-0.39, 0.29) is 0 Å². The summed E-state index contributed by atoms with van der Waals surface area (Å²) in [7, 11) is 1.65. The van der Waals surface area contributed by atoms with Gasteiger partial charge in [0.25, 0.3) is 0 Å². The van der Waals surface area contributed by atoms with Gasteiger partial charge in [-0.1, -0.05) is 23.7 Å². The van der Waals surface area contributed by atoms with Crippen LogP contribution in [0.5, 0.6) is 5.75 Å². The zero-order valence-corrected chi connectivity index (χ0v) is 11.6. The lowest BCUT2D eigenvalue weighted by Crippen LogP contribution is -1.81. The number of ether oxygens (including phenoxy) is 1. The molecule has 0 fully saturated rings. The highest BCUT2D eigenvalue weighted by atomic mass is 35.5. The molecule has 0 unspecified atom stereocenters. The van der Waals surface area contributed by atoms with E-state index in [4.69, 9.17) is 20.8 Å². The van der Waals surface area contributed by atoms with Crippen LogP contribution in [0.3, 0.4) is 0 Å². The number of hydrogen-bond donors (Lipinski definition) is 0. The quantitative estimate of drug-likeness (QED) is 0.702. The number of methoxy groups -OCH3 is 1. The van der Waals surface area contributed by atoms with Gasteiger partial charge in [-0.3, -0.25) is 0 Å². The van der Waals surface area contributed by atoms with E-state index in [9.17, 15) is 0 Å². The van der Waals surface area contributed by atoms with Crippen LogP contribution in [-0.4, -0.2) is 12.1 Å². The van der Waals surface area contributed by atoms with E-state index in [0.717, 1.165) is 22.4 Å². The molecular weight excluding hydrogens is 274 g/mol. The summed E-state index contributed by atoms with van der Waals surface area (Å²) in [4.78, 5) is 4.36. The smallest absolute Gasteiger partial charge is 0.220 e. The average Bonchev–Trinajstić information content (AvgIpc) is 2.87. The van der Waals surface area contributed by atoms with Gasteiger partial charge in [0.15, 0.2) is 5.58 Å². The highest BCUT2D eigenvalue weighted by Crippen LogP contribution is 2.21. The minimum Gasteiger partial charge on any atom is -0.497 e. The molecule has 3 rings (SSSR count). The summed E-state index contributed by atoms with van der Waals surface area (Å²) >= 11 is 5.92. The Kier molecular flexibility index (Phi) is 3.44. The van der Waals surface area contributed by atoms with Crippen LogP contribution in [0.4, 0.5) is 0 Å². The van der Waals surface area contributed by atoms with Crippen molar-refractivity contribution in [1.29, 1.82) is 0 Å². The van der Waals surface area contributed by atoms with E-state index < -0.39 is 0 Å². The number of rotatable bonds is 3. The molecule has 0 radical (unpaired) electrons. The van der Waals surface area contributed by atoms with Crippen molar-refractivity contribution < 1.29 is 9.15 Å². The highest BCUT2D eigenvalue weighted by Gasteiger charge is 2.03. The zero-order chi connectivity index (χ0) is 13.9. The van der Waals surface area contributed by atoms with E-state index in [2.05, 4.69) is 4.98 Å². The summed E-state index contributed by atoms with van der Waals surface area (Å²) in [5, 5.41) is 0.650. The Hall–Kier alpha value is -2.26. The summed E-state index contributed by atoms with van der Waals surface area (Å²) in [6.45, 7) is 0. The number of nitrogens with zero attached hydrogens (tertiary/aromatic N) is 1. The highest BCUT2D eigenvalue weighted by molar-refractivity contribution is 6.31. The minimum absolute atomic E-state index is 0.554. The molecule has 1 aromatic heterocycles. The number of benzene rings is 2. The zero-order valence-electron chi connectivity index (χ0n) is 10.8. The molecule has 100 valence electrons. The van der Waals surface area contributed by atoms with E-state index >= 15 is 0 Å². The van der Waals surface area contributed by atoms with Crippen LogP contribution in [0, 0.1) is 0 Å². The fourth-order valence-electron chi connectivity index (χ4n) is 1.87. The van der Waals surface area contributed by atoms with Crippen molar-refractivity contribution in [1.82, 2.24) is 4.98 Å². The topological polar surface area (TPSA) is 35.3 Å². The lowest BCUT2D eigenvalue weighted by molar-refractivity contribution is 0.415. The number of oxazole rings is 1. The van der Waals surface area contributed by atoms with Gasteiger partial charge in [0.2, 0.25) is 5.89 Å². The summed E-state index contributed by atoms with van der Waals surface area (Å²) in [5.41, 5.74) is 2.53. The summed E-state index contributed by atoms with van der Waals surface area (Å²) in [6, 6.07) is 13.1. The third kappa shape index (κ3) is 2.68. The summed E-state index contributed by atoms with van der Waals surface area (Å²) in [5.74, 6) is 1.39. The second-order valence-electron chi connectivity index (χ2n) is 4.27. The molecule has 0 aliphatic rings. The molecule has 4 heteroatoms. The number of fused-ring (bicyclic) bond motifs is 1. The standard InChI is InChI=1S/C16H12ClNO2/c1-19-13-6-2-11(3-7-13)4-9-16-18-14-10-12(17)5-8-15(14)20-16/h2-10H,1H3. The molecule has 2 aromatic carbocycles. The van der Waals surface area contributed by atoms with Crippen LogP contribution in [-0.2, 0) is 0 Å². The Bertz CT molecular complexity index is 760. The van der Waals surface area contributed by atoms with Crippen molar-refractivity contribution in [3.8, 4) is 5.75 Å². The molecule has 0 amide bonds. The van der Waals surface area contributed by atoms with Gasteiger partial charge < -0.3 is 9.15 Å². The minimum atomic E-state index is 0.554. The van der Waals surface area contributed by atoms with Crippen LogP contribution in [0.15, 0.2) is 46.9 Å². The van der Waals surface area contributed by atoms with Gasteiger partial charge in [0.1, 0.15) is 11.3 Å². The van der Waals surface area contributed by atoms with Crippen LogP contribution in [0.25, 0.3) is 23.3 Å². The van der Waals surface area contributed by atoms with Crippen LogP contribution >= 0.6 is 11.6 Å². The van der Waals surface area contributed by atoms with Gasteiger partial charge in [0.05, 0.1) is 7.11 Å². The largest absolute Gasteiger partial charge is 0.497 e. The van der Waals surface area contributed by atoms with Crippen molar-refractivity contribution in [2.75, 3.05) is 7.11 Å². The molecule has 0 spiro atoms. The van der Waals surface area contributed by atoms with Gasteiger partial charge in [-0.2, -0.15) is 0 Å². The van der Waals surface area contributed by atoms with Gasteiger partial charge >= 0.3 is 0 Å². The predicted octanol–water partition coefficient (Wildman–Crippen LogP) is 4.66. The van der Waals surface area contributed by atoms with E-state index in [0.29, 0.717) is 10.9 Å². The van der Waals surface area contributed by atoms with E-state index in [1.54, 1.807) is 19.2 Å². The molecular formula is C16H12ClNO2. The lowest BCUT2D eigenvalue weighted by atomic mass is 10.2. The fourth-order valence-corrected chi connectivity index (χ4v) is 2.04. The van der Waals surface area contributed by atoms with E-state index in [1.165, 1.54) is 0 Å². The number of aromatic nitrogens is 1. The molecule has 3 nitrogen and oxygen atoms in total. The average molecular weight is 286 g/mol. The number of hydrogen-bond acceptors (Lipinski definition) is 3. The first-order valence-corrected chi connectivity index (χ1v) is 6.50. The van der Waals surface area contributed by atoms with Gasteiger partial charge in [-0.15, -0.1) is 0 Å². The van der Waals surface area contributed by atoms with Crippen molar-refractivity contribution in [2.45, 2.75) is 0 Å². The van der Waals surface area contributed by atoms with Gasteiger partial charge in [-0.05, 0) is 42.0 Å². The Morgan fingerprint density at radius 3 is 2.65 bits per heavy atom. The second-order valence-corrected chi connectivity index (χ2v) is 4.71. The third-order valence-corrected chi connectivity index (χ3v) is 3.14. The molecule has 0 N–H and O–H groups in total. The van der Waals surface area contributed by atoms with Crippen LogP contribution < -0.4 is 4.74 Å². The van der Waals surface area contributed by atoms with Crippen LogP contribution in [0.1, 0.15) is 11.5 Å². The monoisotopic (exact) mass is 285 g/mol. The molecule has 0 bridgehead atoms. The Morgan fingerprint density at radius 1 is 1.10 bits per heavy atom. The Labute approximate surface area is 121 Å². The first-order valence-electron chi connectivity index (χ1n) is 6.13. The van der Waals surface area contributed by atoms with Gasteiger partial charge in [-0.25, -0.2) is 4.98 Å². The molecule has 0 saturated heterocycles. The molecule has 0 aliphatic carbocycles. The number of halogens is 1. The molecule has 3 aromatic rings. The Balaban J connectivity index is 1.85. The molecule has 0 atom stereocenters. The molecule has 20 heavy (non-hydrogen) atoms. The van der Waals surface area contributed by atoms with Crippen molar-refractivity contribution >= 4 is 34.9 Å². The third-order valence-electron chi connectivity index (χ3n) is 2.90. The Morgan fingerprint density at radius 2 is 1.90 bits per heavy atom. The normalized spacial score (nSPS) is 11.3. The first kappa shape index (κ1) is 12.8. The first-order chi connectivity index (χ1) is 9.74. The predicted molar refractivity (Wildman–Crippen MR) is 80.9 cm³/mol. The van der Waals surface area contributed by atoms with E-state index in [1.807, 2.05) is 42.5 Å². The van der Waals surface area contributed by atoms with Crippen molar-refractivity contribution in [3.05, 3.63) is 58.9 Å². The summed E-state index contributed by atoms with van der Waals surface area (Å²) in [6.07, 6.45) is 3.77. The van der Waals surface area contributed by atoms with Crippen LogP contribution in [0.2, 0.25) is 5.02 Å². The van der Waals surface area contributed by atoms with Gasteiger partial charge in [0, 0.05) is 11.1 Å². The SMILES string of the molecule is COc1ccc(C=Cc2nc3cc(Cl)ccc3o2)cc1. The fraction of sp³-hybridized carbons (Fsp3) is 0.0625. The molecule has 0 saturated carbocycles. The molecule has 1 heterocycles. The maximum atomic E-state index is 5.92. The van der Waals surface area contributed by atoms with Crippen molar-refractivity contribution in [2.24, 2.45) is 0 Å². The summed E-state index contributed by atoms with van der Waals surface area (Å²) < 4.78 is 10.7. The second kappa shape index (κ2) is 5.39. The lowest BCUT2D eigenvalue weighted by Gasteiger charge is -1.98. The molecule has 0 aliphatic heterocycles. The maximum absolute atomic E-state index is 5.92.